The van der Waals surface area contributed by atoms with Crippen LogP contribution in [-0.4, -0.2) is 58.5 Å². The van der Waals surface area contributed by atoms with E-state index in [1.165, 1.54) is 39.3 Å². The van der Waals surface area contributed by atoms with E-state index in [-0.39, 0.29) is 0 Å². The number of alkyl halides is 12. The maximum Gasteiger partial charge on any atom is 0.469 e. The standard InChI is InChI=1S/C18H34F12O3Si4/c1-34(2,11-7-15(19,20)21)31-37(14-10-18(28,29)30,32-35(3,4)12-8-16(22,23)24)33-36(5,6)13-9-17(25,26)27/h7-14H2,1-6H3. The second kappa shape index (κ2) is 12.6. The Hall–Kier alpha value is -0.0925. The second-order valence-electron chi connectivity index (χ2n) is 10.7. The second-order valence-corrected chi connectivity index (χ2v) is 27.1. The highest BCUT2D eigenvalue weighted by molar-refractivity contribution is 6.90. The van der Waals surface area contributed by atoms with Crippen LogP contribution in [0.25, 0.3) is 0 Å². The van der Waals surface area contributed by atoms with E-state index < -0.39 is 108 Å². The lowest BCUT2D eigenvalue weighted by molar-refractivity contribution is -0.132. The van der Waals surface area contributed by atoms with Crippen molar-refractivity contribution in [1.82, 2.24) is 0 Å². The van der Waals surface area contributed by atoms with Gasteiger partial charge in [0.15, 0.2) is 25.0 Å². The SMILES string of the molecule is C[Si](C)(CCC(F)(F)F)O[Si](CCC(F)(F)F)(O[Si](C)(C)CCC(F)(F)F)O[Si](C)(C)CCC(F)(F)F. The largest absolute Gasteiger partial charge is 0.469 e. The monoisotopic (exact) mass is 638 g/mol. The van der Waals surface area contributed by atoms with Crippen LogP contribution >= 0.6 is 0 Å². The Labute approximate surface area is 213 Å². The molecular weight excluding hydrogens is 605 g/mol. The normalized spacial score (nSPS) is 15.4. The third kappa shape index (κ3) is 19.6. The maximum atomic E-state index is 13.2. The van der Waals surface area contributed by atoms with Crippen molar-refractivity contribution in [2.75, 3.05) is 0 Å². The van der Waals surface area contributed by atoms with Gasteiger partial charge in [-0.3, -0.25) is 0 Å². The molecular formula is C18H34F12O3Si4. The van der Waals surface area contributed by atoms with Gasteiger partial charge < -0.3 is 12.3 Å². The minimum absolute atomic E-state index is 0.612. The van der Waals surface area contributed by atoms with Crippen LogP contribution in [0, 0.1) is 0 Å². The molecule has 0 N–H and O–H groups in total. The number of rotatable bonds is 14. The first kappa shape index (κ1) is 36.9. The topological polar surface area (TPSA) is 27.7 Å². The van der Waals surface area contributed by atoms with E-state index in [9.17, 15) is 52.7 Å². The van der Waals surface area contributed by atoms with Crippen LogP contribution < -0.4 is 0 Å². The molecule has 0 saturated carbocycles. The molecule has 224 valence electrons. The van der Waals surface area contributed by atoms with E-state index in [4.69, 9.17) is 12.3 Å². The average molecular weight is 639 g/mol. The fraction of sp³-hybridized carbons (Fsp3) is 1.00. The lowest BCUT2D eigenvalue weighted by Crippen LogP contribution is -2.62. The van der Waals surface area contributed by atoms with Crippen molar-refractivity contribution in [3.8, 4) is 0 Å². The van der Waals surface area contributed by atoms with Crippen molar-refractivity contribution in [3.63, 3.8) is 0 Å². The average Bonchev–Trinajstić information content (AvgIpc) is 2.59. The summed E-state index contributed by atoms with van der Waals surface area (Å²) in [4.78, 5) is 0. The molecule has 0 amide bonds. The first-order valence-corrected chi connectivity index (χ1v) is 22.6. The van der Waals surface area contributed by atoms with Gasteiger partial charge in [0.25, 0.3) is 0 Å². The summed E-state index contributed by atoms with van der Waals surface area (Å²) in [6.45, 7) is 7.64. The van der Waals surface area contributed by atoms with Gasteiger partial charge in [-0.1, -0.05) is 0 Å². The highest BCUT2D eigenvalue weighted by atomic mass is 28.5. The van der Waals surface area contributed by atoms with Gasteiger partial charge in [0.05, 0.1) is 0 Å². The number of hydrogen-bond acceptors (Lipinski definition) is 3. The zero-order valence-corrected chi connectivity index (χ0v) is 25.4. The lowest BCUT2D eigenvalue weighted by Gasteiger charge is -2.45. The predicted octanol–water partition coefficient (Wildman–Crippen LogP) is 9.40. The predicted molar refractivity (Wildman–Crippen MR) is 123 cm³/mol. The first-order valence-electron chi connectivity index (χ1n) is 11.3. The fourth-order valence-corrected chi connectivity index (χ4v) is 20.7. The summed E-state index contributed by atoms with van der Waals surface area (Å²) in [5.74, 6) is 0. The van der Waals surface area contributed by atoms with E-state index >= 15 is 0 Å². The van der Waals surface area contributed by atoms with Crippen molar-refractivity contribution in [1.29, 1.82) is 0 Å². The van der Waals surface area contributed by atoms with Crippen LogP contribution in [0.3, 0.4) is 0 Å². The molecule has 19 heteroatoms. The van der Waals surface area contributed by atoms with Crippen molar-refractivity contribution in [2.45, 2.75) is 114 Å². The van der Waals surface area contributed by atoms with Gasteiger partial charge >= 0.3 is 33.5 Å². The molecule has 0 atom stereocenters. The number of halogens is 12. The smallest absolute Gasteiger partial charge is 0.417 e. The molecule has 0 aliphatic heterocycles. The fourth-order valence-electron chi connectivity index (χ4n) is 3.25. The molecule has 0 radical (unpaired) electrons. The van der Waals surface area contributed by atoms with Crippen molar-refractivity contribution < 1.29 is 65.0 Å². The summed E-state index contributed by atoms with van der Waals surface area (Å²) in [7, 11) is -15.4. The summed E-state index contributed by atoms with van der Waals surface area (Å²) in [5, 5.41) is 0. The Morgan fingerprint density at radius 2 is 0.568 bits per heavy atom. The Balaban J connectivity index is 6.44. The zero-order chi connectivity index (χ0) is 29.8. The summed E-state index contributed by atoms with van der Waals surface area (Å²) >= 11 is 0. The summed E-state index contributed by atoms with van der Waals surface area (Å²) < 4.78 is 173. The molecule has 37 heavy (non-hydrogen) atoms. The van der Waals surface area contributed by atoms with Crippen LogP contribution in [0.5, 0.6) is 0 Å². The van der Waals surface area contributed by atoms with Gasteiger partial charge in [-0.15, -0.1) is 0 Å². The molecule has 3 nitrogen and oxygen atoms in total. The van der Waals surface area contributed by atoms with Crippen molar-refractivity contribution in [3.05, 3.63) is 0 Å². The van der Waals surface area contributed by atoms with E-state index in [1.807, 2.05) is 0 Å². The van der Waals surface area contributed by atoms with Crippen LogP contribution in [-0.2, 0) is 12.3 Å². The molecule has 0 rings (SSSR count). The van der Waals surface area contributed by atoms with Crippen LogP contribution in [0.4, 0.5) is 52.7 Å². The maximum absolute atomic E-state index is 13.2. The van der Waals surface area contributed by atoms with Gasteiger partial charge in [0.1, 0.15) is 0 Å². The number of hydrogen-bond donors (Lipinski definition) is 0. The van der Waals surface area contributed by atoms with E-state index in [1.54, 1.807) is 0 Å². The molecule has 0 unspecified atom stereocenters. The van der Waals surface area contributed by atoms with Crippen LogP contribution in [0.1, 0.15) is 25.7 Å². The molecule has 0 aromatic carbocycles. The molecule has 0 saturated heterocycles. The minimum Gasteiger partial charge on any atom is -0.417 e. The van der Waals surface area contributed by atoms with E-state index in [2.05, 4.69) is 0 Å². The zero-order valence-electron chi connectivity index (χ0n) is 21.4. The Bertz CT molecular complexity index is 625. The van der Waals surface area contributed by atoms with Gasteiger partial charge in [-0.25, -0.2) is 0 Å². The highest BCUT2D eigenvalue weighted by Gasteiger charge is 2.55. The van der Waals surface area contributed by atoms with E-state index in [0.717, 1.165) is 0 Å². The van der Waals surface area contributed by atoms with E-state index in [0.29, 0.717) is 0 Å². The van der Waals surface area contributed by atoms with Crippen molar-refractivity contribution in [2.24, 2.45) is 0 Å². The Kier molecular flexibility index (Phi) is 12.6. The molecule has 0 aromatic heterocycles. The molecule has 0 bridgehead atoms. The van der Waals surface area contributed by atoms with Crippen LogP contribution in [0.2, 0.25) is 63.5 Å². The third-order valence-electron chi connectivity index (χ3n) is 5.04. The van der Waals surface area contributed by atoms with Gasteiger partial charge in [-0.2, -0.15) is 52.7 Å². The minimum atomic E-state index is -4.82. The Morgan fingerprint density at radius 1 is 0.378 bits per heavy atom. The van der Waals surface area contributed by atoms with Gasteiger partial charge in [0, 0.05) is 31.7 Å². The summed E-state index contributed by atoms with van der Waals surface area (Å²) in [5.41, 5.74) is 0. The highest BCUT2D eigenvalue weighted by Crippen LogP contribution is 2.39. The molecule has 0 aliphatic rings. The quantitative estimate of drug-likeness (QED) is 0.140. The van der Waals surface area contributed by atoms with Gasteiger partial charge in [-0.05, 0) is 57.4 Å². The summed E-state index contributed by atoms with van der Waals surface area (Å²) in [6.07, 6.45) is -24.3. The third-order valence-corrected chi connectivity index (χ3v) is 20.6. The van der Waals surface area contributed by atoms with Crippen molar-refractivity contribution >= 4 is 33.8 Å². The summed E-state index contributed by atoms with van der Waals surface area (Å²) in [6, 6.07) is -2.86. The Morgan fingerprint density at radius 3 is 0.757 bits per heavy atom. The molecule has 0 heterocycles. The lowest BCUT2D eigenvalue weighted by atomic mass is 10.5. The molecule has 0 aliphatic carbocycles. The van der Waals surface area contributed by atoms with Crippen LogP contribution in [0.15, 0.2) is 0 Å². The van der Waals surface area contributed by atoms with Gasteiger partial charge in [0.2, 0.25) is 0 Å². The molecule has 0 aromatic rings. The first-order chi connectivity index (χ1) is 15.9. The molecule has 0 spiro atoms. The molecule has 0 fully saturated rings.